The Balaban J connectivity index is 4.01. The van der Waals surface area contributed by atoms with E-state index in [4.69, 9.17) is 0 Å². The molecule has 0 nitrogen and oxygen atoms in total. The van der Waals surface area contributed by atoms with Gasteiger partial charge in [-0.2, -0.15) is 0 Å². The molecule has 0 amide bonds. The second-order valence-corrected chi connectivity index (χ2v) is 3.50. The molecule has 58 valence electrons. The van der Waals surface area contributed by atoms with Crippen molar-refractivity contribution in [1.29, 1.82) is 0 Å². The first-order valence-electron chi connectivity index (χ1n) is 3.77. The normalized spacial score (nSPS) is 13.4. The van der Waals surface area contributed by atoms with Crippen molar-refractivity contribution < 1.29 is 0 Å². The zero-order valence-electron chi connectivity index (χ0n) is 7.57. The van der Waals surface area contributed by atoms with E-state index in [2.05, 4.69) is 40.3 Å². The number of rotatable bonds is 3. The second-order valence-electron chi connectivity index (χ2n) is 3.50. The van der Waals surface area contributed by atoms with Crippen LogP contribution < -0.4 is 0 Å². The van der Waals surface area contributed by atoms with Crippen molar-refractivity contribution in [2.45, 2.75) is 34.1 Å². The summed E-state index contributed by atoms with van der Waals surface area (Å²) < 4.78 is 0. The van der Waals surface area contributed by atoms with E-state index in [0.29, 0.717) is 0 Å². The van der Waals surface area contributed by atoms with Crippen LogP contribution in [0.1, 0.15) is 34.1 Å². The van der Waals surface area contributed by atoms with Crippen LogP contribution in [0.3, 0.4) is 0 Å². The Morgan fingerprint density at radius 3 is 2.30 bits per heavy atom. The van der Waals surface area contributed by atoms with Gasteiger partial charge in [0.05, 0.1) is 0 Å². The molecule has 0 aliphatic heterocycles. The summed E-state index contributed by atoms with van der Waals surface area (Å²) in [6.07, 6.45) is 5.29. The van der Waals surface area contributed by atoms with Crippen LogP contribution in [0.25, 0.3) is 0 Å². The zero-order valence-corrected chi connectivity index (χ0v) is 7.57. The van der Waals surface area contributed by atoms with Crippen LogP contribution in [0.5, 0.6) is 0 Å². The van der Waals surface area contributed by atoms with Gasteiger partial charge in [0, 0.05) is 0 Å². The van der Waals surface area contributed by atoms with Crippen LogP contribution in [-0.2, 0) is 0 Å². The van der Waals surface area contributed by atoms with Crippen molar-refractivity contribution in [1.82, 2.24) is 0 Å². The average Bonchev–Trinajstić information content (AvgIpc) is 1.87. The lowest BCUT2D eigenvalue weighted by Crippen LogP contribution is -2.06. The van der Waals surface area contributed by atoms with Crippen molar-refractivity contribution >= 4 is 0 Å². The molecule has 0 fully saturated rings. The van der Waals surface area contributed by atoms with E-state index in [1.165, 1.54) is 5.57 Å². The van der Waals surface area contributed by atoms with Crippen LogP contribution in [0, 0.1) is 5.41 Å². The van der Waals surface area contributed by atoms with Crippen molar-refractivity contribution in [3.05, 3.63) is 24.3 Å². The highest BCUT2D eigenvalue weighted by molar-refractivity contribution is 5.03. The van der Waals surface area contributed by atoms with Gasteiger partial charge in [-0.1, -0.05) is 31.6 Å². The highest BCUT2D eigenvalue weighted by atomic mass is 14.2. The number of hydrogen-bond donors (Lipinski definition) is 0. The molecule has 0 aromatic carbocycles. The minimum atomic E-state index is 0.261. The van der Waals surface area contributed by atoms with E-state index in [-0.39, 0.29) is 5.41 Å². The first-order chi connectivity index (χ1) is 4.52. The fourth-order valence-corrected chi connectivity index (χ4v) is 0.893. The largest absolute Gasteiger partial charge is 0.103 e. The molecule has 0 radical (unpaired) electrons. The summed E-state index contributed by atoms with van der Waals surface area (Å²) in [7, 11) is 0. The van der Waals surface area contributed by atoms with Gasteiger partial charge in [-0.3, -0.25) is 0 Å². The first-order valence-corrected chi connectivity index (χ1v) is 3.77. The lowest BCUT2D eigenvalue weighted by Gasteiger charge is -2.19. The van der Waals surface area contributed by atoms with Gasteiger partial charge in [-0.25, -0.2) is 0 Å². The fraction of sp³-hybridized carbons (Fsp3) is 0.600. The molecule has 0 aliphatic carbocycles. The van der Waals surface area contributed by atoms with Crippen LogP contribution >= 0.6 is 0 Å². The molecule has 0 heterocycles. The Morgan fingerprint density at radius 1 is 1.50 bits per heavy atom. The summed E-state index contributed by atoms with van der Waals surface area (Å²) in [4.78, 5) is 0. The molecule has 0 aromatic heterocycles. The van der Waals surface area contributed by atoms with Gasteiger partial charge in [0.25, 0.3) is 0 Å². The van der Waals surface area contributed by atoms with E-state index in [1.54, 1.807) is 0 Å². The third kappa shape index (κ3) is 3.49. The Bertz CT molecular complexity index is 138. The van der Waals surface area contributed by atoms with Gasteiger partial charge in [0.2, 0.25) is 0 Å². The van der Waals surface area contributed by atoms with E-state index in [0.717, 1.165) is 6.42 Å². The molecule has 0 saturated heterocycles. The maximum absolute atomic E-state index is 3.79. The third-order valence-corrected chi connectivity index (χ3v) is 1.78. The van der Waals surface area contributed by atoms with Gasteiger partial charge in [-0.05, 0) is 25.7 Å². The molecule has 0 N–H and O–H groups in total. The average molecular weight is 138 g/mol. The molecule has 0 unspecified atom stereocenters. The third-order valence-electron chi connectivity index (χ3n) is 1.78. The Morgan fingerprint density at radius 2 is 2.00 bits per heavy atom. The smallest absolute Gasteiger partial charge is 0.0140 e. The number of hydrogen-bond acceptors (Lipinski definition) is 0. The van der Waals surface area contributed by atoms with E-state index in [1.807, 2.05) is 6.08 Å². The lowest BCUT2D eigenvalue weighted by atomic mass is 9.86. The summed E-state index contributed by atoms with van der Waals surface area (Å²) >= 11 is 0. The molecule has 0 heteroatoms. The molecular formula is C10H18. The Hall–Kier alpha value is -0.520. The van der Waals surface area contributed by atoms with E-state index in [9.17, 15) is 0 Å². The van der Waals surface area contributed by atoms with Crippen LogP contribution in [-0.4, -0.2) is 0 Å². The van der Waals surface area contributed by atoms with Crippen molar-refractivity contribution in [2.75, 3.05) is 0 Å². The molecule has 0 atom stereocenters. The maximum atomic E-state index is 3.79. The molecule has 0 aliphatic rings. The van der Waals surface area contributed by atoms with E-state index < -0.39 is 0 Å². The Labute approximate surface area is 64.6 Å². The van der Waals surface area contributed by atoms with Gasteiger partial charge >= 0.3 is 0 Å². The molecule has 0 aromatic rings. The highest BCUT2D eigenvalue weighted by Crippen LogP contribution is 2.25. The monoisotopic (exact) mass is 138 g/mol. The van der Waals surface area contributed by atoms with Gasteiger partial charge in [-0.15, -0.1) is 6.58 Å². The molecule has 10 heavy (non-hydrogen) atoms. The predicted molar refractivity (Wildman–Crippen MR) is 48.0 cm³/mol. The molecule has 0 bridgehead atoms. The van der Waals surface area contributed by atoms with Gasteiger partial charge < -0.3 is 0 Å². The summed E-state index contributed by atoms with van der Waals surface area (Å²) in [5, 5.41) is 0. The summed E-state index contributed by atoms with van der Waals surface area (Å²) in [5.74, 6) is 0. The molecule has 0 spiro atoms. The minimum Gasteiger partial charge on any atom is -0.103 e. The predicted octanol–water partition coefficient (Wildman–Crippen LogP) is 3.55. The minimum absolute atomic E-state index is 0.261. The van der Waals surface area contributed by atoms with E-state index >= 15 is 0 Å². The lowest BCUT2D eigenvalue weighted by molar-refractivity contribution is 0.476. The first kappa shape index (κ1) is 9.48. The van der Waals surface area contributed by atoms with Crippen molar-refractivity contribution in [3.63, 3.8) is 0 Å². The fourth-order valence-electron chi connectivity index (χ4n) is 0.893. The zero-order chi connectivity index (χ0) is 8.20. The van der Waals surface area contributed by atoms with Crippen LogP contribution in [0.15, 0.2) is 24.3 Å². The quantitative estimate of drug-likeness (QED) is 0.523. The van der Waals surface area contributed by atoms with Crippen LogP contribution in [0.2, 0.25) is 0 Å². The molecular weight excluding hydrogens is 120 g/mol. The Kier molecular flexibility index (Phi) is 3.41. The highest BCUT2D eigenvalue weighted by Gasteiger charge is 2.12. The SMILES string of the molecule is C=CC(C)(C)C/C(C)=C/C. The standard InChI is InChI=1S/C10H18/c1-6-9(3)8-10(4,5)7-2/h6-7H,2,8H2,1,3-5H3/b9-6+. The van der Waals surface area contributed by atoms with Gasteiger partial charge in [0.15, 0.2) is 0 Å². The second kappa shape index (κ2) is 3.60. The maximum Gasteiger partial charge on any atom is -0.0140 e. The van der Waals surface area contributed by atoms with Crippen molar-refractivity contribution in [3.8, 4) is 0 Å². The summed E-state index contributed by atoms with van der Waals surface area (Å²) in [6, 6.07) is 0. The molecule has 0 rings (SSSR count). The summed E-state index contributed by atoms with van der Waals surface area (Å²) in [6.45, 7) is 12.4. The van der Waals surface area contributed by atoms with Gasteiger partial charge in [0.1, 0.15) is 0 Å². The molecule has 0 saturated carbocycles. The van der Waals surface area contributed by atoms with Crippen LogP contribution in [0.4, 0.5) is 0 Å². The topological polar surface area (TPSA) is 0 Å². The summed E-state index contributed by atoms with van der Waals surface area (Å²) in [5.41, 5.74) is 1.70. The van der Waals surface area contributed by atoms with Crippen molar-refractivity contribution in [2.24, 2.45) is 5.41 Å². The number of allylic oxidation sites excluding steroid dienone is 3.